The Morgan fingerprint density at radius 2 is 1.85 bits per heavy atom. The van der Waals surface area contributed by atoms with Crippen LogP contribution >= 0.6 is 0 Å². The van der Waals surface area contributed by atoms with E-state index < -0.39 is 0 Å². The number of hydrogen-bond acceptors (Lipinski definition) is 3. The van der Waals surface area contributed by atoms with Crippen LogP contribution in [0.5, 0.6) is 0 Å². The van der Waals surface area contributed by atoms with Crippen LogP contribution in [0.25, 0.3) is 0 Å². The molecule has 0 aliphatic heterocycles. The molecule has 1 unspecified atom stereocenters. The summed E-state index contributed by atoms with van der Waals surface area (Å²) in [6.07, 6.45) is 0.679. The van der Waals surface area contributed by atoms with Gasteiger partial charge in [0, 0.05) is 25.7 Å². The van der Waals surface area contributed by atoms with E-state index in [0.29, 0.717) is 6.04 Å². The first-order valence-corrected chi connectivity index (χ1v) is 5.12. The van der Waals surface area contributed by atoms with Crippen LogP contribution in [0.15, 0.2) is 0 Å². The third-order valence-corrected chi connectivity index (χ3v) is 1.97. The SMILES string of the molecule is CC(O)CCN(C)CCNC(C)C. The third-order valence-electron chi connectivity index (χ3n) is 1.97. The summed E-state index contributed by atoms with van der Waals surface area (Å²) in [5.74, 6) is 0. The van der Waals surface area contributed by atoms with E-state index in [1.807, 2.05) is 6.92 Å². The molecule has 13 heavy (non-hydrogen) atoms. The van der Waals surface area contributed by atoms with Crippen molar-refractivity contribution < 1.29 is 5.11 Å². The van der Waals surface area contributed by atoms with Crippen molar-refractivity contribution in [2.45, 2.75) is 39.3 Å². The second-order valence-corrected chi connectivity index (χ2v) is 4.05. The van der Waals surface area contributed by atoms with Crippen LogP contribution in [-0.2, 0) is 0 Å². The molecule has 0 radical (unpaired) electrons. The van der Waals surface area contributed by atoms with Crippen molar-refractivity contribution in [3.8, 4) is 0 Å². The van der Waals surface area contributed by atoms with E-state index >= 15 is 0 Å². The van der Waals surface area contributed by atoms with Gasteiger partial charge in [-0.15, -0.1) is 0 Å². The van der Waals surface area contributed by atoms with Gasteiger partial charge in [0.05, 0.1) is 6.10 Å². The largest absolute Gasteiger partial charge is 0.393 e. The van der Waals surface area contributed by atoms with Crippen molar-refractivity contribution in [3.63, 3.8) is 0 Å². The van der Waals surface area contributed by atoms with E-state index in [0.717, 1.165) is 26.1 Å². The van der Waals surface area contributed by atoms with Gasteiger partial charge >= 0.3 is 0 Å². The van der Waals surface area contributed by atoms with E-state index in [-0.39, 0.29) is 6.10 Å². The van der Waals surface area contributed by atoms with Crippen molar-refractivity contribution in [2.24, 2.45) is 0 Å². The molecule has 0 spiro atoms. The molecule has 0 bridgehead atoms. The lowest BCUT2D eigenvalue weighted by atomic mass is 10.3. The van der Waals surface area contributed by atoms with E-state index in [4.69, 9.17) is 5.11 Å². The van der Waals surface area contributed by atoms with Crippen molar-refractivity contribution in [3.05, 3.63) is 0 Å². The minimum absolute atomic E-state index is 0.180. The monoisotopic (exact) mass is 188 g/mol. The molecule has 0 heterocycles. The summed E-state index contributed by atoms with van der Waals surface area (Å²) in [6, 6.07) is 0.560. The van der Waals surface area contributed by atoms with E-state index in [1.165, 1.54) is 0 Å². The highest BCUT2D eigenvalue weighted by Gasteiger charge is 2.01. The highest BCUT2D eigenvalue weighted by atomic mass is 16.3. The zero-order valence-corrected chi connectivity index (χ0v) is 9.38. The Kier molecular flexibility index (Phi) is 7.23. The molecule has 0 aromatic heterocycles. The quantitative estimate of drug-likeness (QED) is 0.617. The van der Waals surface area contributed by atoms with Crippen molar-refractivity contribution in [1.82, 2.24) is 10.2 Å². The summed E-state index contributed by atoms with van der Waals surface area (Å²) in [6.45, 7) is 9.17. The zero-order chi connectivity index (χ0) is 10.3. The zero-order valence-electron chi connectivity index (χ0n) is 9.38. The number of nitrogens with zero attached hydrogens (tertiary/aromatic N) is 1. The minimum Gasteiger partial charge on any atom is -0.393 e. The van der Waals surface area contributed by atoms with Gasteiger partial charge in [-0.25, -0.2) is 0 Å². The maximum Gasteiger partial charge on any atom is 0.0524 e. The molecule has 0 aliphatic rings. The lowest BCUT2D eigenvalue weighted by Crippen LogP contribution is -2.33. The Labute approximate surface area is 82.1 Å². The molecule has 0 aromatic carbocycles. The fraction of sp³-hybridized carbons (Fsp3) is 1.00. The highest BCUT2D eigenvalue weighted by molar-refractivity contribution is 4.59. The lowest BCUT2D eigenvalue weighted by Gasteiger charge is -2.18. The molecule has 1 atom stereocenters. The fourth-order valence-corrected chi connectivity index (χ4v) is 1.06. The molecule has 0 aliphatic carbocycles. The van der Waals surface area contributed by atoms with Crippen molar-refractivity contribution in [1.29, 1.82) is 0 Å². The number of rotatable bonds is 7. The van der Waals surface area contributed by atoms with Gasteiger partial charge in [-0.3, -0.25) is 0 Å². The maximum atomic E-state index is 9.07. The van der Waals surface area contributed by atoms with Crippen LogP contribution < -0.4 is 5.32 Å². The predicted octanol–water partition coefficient (Wildman–Crippen LogP) is 0.687. The topological polar surface area (TPSA) is 35.5 Å². The fourth-order valence-electron chi connectivity index (χ4n) is 1.06. The molecule has 0 amide bonds. The molecule has 0 rings (SSSR count). The van der Waals surface area contributed by atoms with Crippen LogP contribution in [0.1, 0.15) is 27.2 Å². The molecule has 0 fully saturated rings. The van der Waals surface area contributed by atoms with E-state index in [2.05, 4.69) is 31.1 Å². The standard InChI is InChI=1S/C10H24N2O/c1-9(2)11-6-8-12(4)7-5-10(3)13/h9-11,13H,5-8H2,1-4H3. The Morgan fingerprint density at radius 3 is 2.31 bits per heavy atom. The van der Waals surface area contributed by atoms with Crippen molar-refractivity contribution >= 4 is 0 Å². The van der Waals surface area contributed by atoms with E-state index in [1.54, 1.807) is 0 Å². The molecule has 0 saturated carbocycles. The molecule has 0 saturated heterocycles. The van der Waals surface area contributed by atoms with Crippen LogP contribution in [0.2, 0.25) is 0 Å². The van der Waals surface area contributed by atoms with Crippen LogP contribution in [0, 0.1) is 0 Å². The van der Waals surface area contributed by atoms with Crippen LogP contribution in [0.4, 0.5) is 0 Å². The van der Waals surface area contributed by atoms with Gasteiger partial charge in [-0.05, 0) is 20.4 Å². The van der Waals surface area contributed by atoms with Gasteiger partial charge in [0.1, 0.15) is 0 Å². The molecular weight excluding hydrogens is 164 g/mol. The number of aliphatic hydroxyl groups is 1. The molecule has 2 N–H and O–H groups in total. The molecule has 0 aromatic rings. The number of likely N-dealkylation sites (N-methyl/N-ethyl adjacent to an activating group) is 1. The summed E-state index contributed by atoms with van der Waals surface area (Å²) in [7, 11) is 2.09. The first-order chi connectivity index (χ1) is 6.02. The Morgan fingerprint density at radius 1 is 1.23 bits per heavy atom. The second kappa shape index (κ2) is 7.30. The summed E-state index contributed by atoms with van der Waals surface area (Å²) < 4.78 is 0. The number of hydrogen-bond donors (Lipinski definition) is 2. The third kappa shape index (κ3) is 9.80. The lowest BCUT2D eigenvalue weighted by molar-refractivity contribution is 0.164. The molecule has 3 heteroatoms. The molecule has 80 valence electrons. The minimum atomic E-state index is -0.180. The number of nitrogens with one attached hydrogen (secondary N) is 1. The molecular formula is C10H24N2O. The Hall–Kier alpha value is -0.120. The average molecular weight is 188 g/mol. The Bertz CT molecular complexity index is 115. The van der Waals surface area contributed by atoms with Gasteiger partial charge in [0.2, 0.25) is 0 Å². The average Bonchev–Trinajstić information content (AvgIpc) is 2.00. The predicted molar refractivity (Wildman–Crippen MR) is 56.9 cm³/mol. The Balaban J connectivity index is 3.25. The van der Waals surface area contributed by atoms with Gasteiger partial charge in [-0.1, -0.05) is 13.8 Å². The van der Waals surface area contributed by atoms with Gasteiger partial charge in [0.15, 0.2) is 0 Å². The highest BCUT2D eigenvalue weighted by Crippen LogP contribution is 1.92. The first-order valence-electron chi connectivity index (χ1n) is 5.12. The van der Waals surface area contributed by atoms with Crippen LogP contribution in [0.3, 0.4) is 0 Å². The summed E-state index contributed by atoms with van der Waals surface area (Å²) in [5.41, 5.74) is 0. The summed E-state index contributed by atoms with van der Waals surface area (Å²) >= 11 is 0. The normalized spacial score (nSPS) is 14.1. The van der Waals surface area contributed by atoms with Gasteiger partial charge in [0.25, 0.3) is 0 Å². The smallest absolute Gasteiger partial charge is 0.0524 e. The van der Waals surface area contributed by atoms with Gasteiger partial charge < -0.3 is 15.3 Å². The number of aliphatic hydroxyl groups excluding tert-OH is 1. The maximum absolute atomic E-state index is 9.07. The first kappa shape index (κ1) is 12.9. The van der Waals surface area contributed by atoms with Crippen molar-refractivity contribution in [2.75, 3.05) is 26.7 Å². The molecule has 3 nitrogen and oxygen atoms in total. The summed E-state index contributed by atoms with van der Waals surface area (Å²) in [5, 5.41) is 12.4. The summed E-state index contributed by atoms with van der Waals surface area (Å²) in [4.78, 5) is 2.24. The second-order valence-electron chi connectivity index (χ2n) is 4.05. The van der Waals surface area contributed by atoms with Gasteiger partial charge in [-0.2, -0.15) is 0 Å². The van der Waals surface area contributed by atoms with E-state index in [9.17, 15) is 0 Å². The van der Waals surface area contributed by atoms with Crippen LogP contribution in [-0.4, -0.2) is 48.8 Å².